The maximum atomic E-state index is 5.41. The molecule has 2 saturated carbocycles. The van der Waals surface area contributed by atoms with Gasteiger partial charge in [-0.2, -0.15) is 0 Å². The molecule has 0 amide bonds. The van der Waals surface area contributed by atoms with Gasteiger partial charge in [0.2, 0.25) is 0 Å². The molecule has 3 atom stereocenters. The van der Waals surface area contributed by atoms with Crippen molar-refractivity contribution in [3.63, 3.8) is 0 Å². The monoisotopic (exact) mass is 225 g/mol. The lowest BCUT2D eigenvalue weighted by Crippen LogP contribution is -2.51. The SMILES string of the molecule is CCOCCNC1C2(C)CCC(C2)C1(C)C. The first-order valence-electron chi connectivity index (χ1n) is 6.82. The third-order valence-corrected chi connectivity index (χ3v) is 5.07. The smallest absolute Gasteiger partial charge is 0.0590 e. The average Bonchev–Trinajstić information content (AvgIpc) is 2.68. The van der Waals surface area contributed by atoms with Crippen LogP contribution in [0.4, 0.5) is 0 Å². The van der Waals surface area contributed by atoms with Crippen molar-refractivity contribution in [3.05, 3.63) is 0 Å². The minimum atomic E-state index is 0.471. The van der Waals surface area contributed by atoms with Gasteiger partial charge in [-0.3, -0.25) is 0 Å². The molecule has 0 spiro atoms. The van der Waals surface area contributed by atoms with E-state index in [9.17, 15) is 0 Å². The van der Waals surface area contributed by atoms with E-state index in [4.69, 9.17) is 4.74 Å². The summed E-state index contributed by atoms with van der Waals surface area (Å²) in [6, 6.07) is 0.680. The highest BCUT2D eigenvalue weighted by atomic mass is 16.5. The van der Waals surface area contributed by atoms with Gasteiger partial charge in [-0.05, 0) is 42.9 Å². The third-order valence-electron chi connectivity index (χ3n) is 5.07. The molecule has 0 heterocycles. The zero-order chi connectivity index (χ0) is 11.8. The van der Waals surface area contributed by atoms with Gasteiger partial charge in [0.15, 0.2) is 0 Å². The standard InChI is InChI=1S/C14H27NO/c1-5-16-9-8-15-12-13(2,3)11-6-7-14(12,4)10-11/h11-12,15H,5-10H2,1-4H3. The molecule has 2 heteroatoms. The van der Waals surface area contributed by atoms with E-state index in [1.54, 1.807) is 0 Å². The fourth-order valence-corrected chi connectivity index (χ4v) is 4.23. The average molecular weight is 225 g/mol. The number of nitrogens with one attached hydrogen (secondary N) is 1. The highest BCUT2D eigenvalue weighted by Crippen LogP contribution is 2.62. The molecule has 1 N–H and O–H groups in total. The second kappa shape index (κ2) is 4.30. The predicted octanol–water partition coefficient (Wildman–Crippen LogP) is 2.83. The van der Waals surface area contributed by atoms with E-state index < -0.39 is 0 Å². The zero-order valence-electron chi connectivity index (χ0n) is 11.3. The Bertz CT molecular complexity index is 246. The van der Waals surface area contributed by atoms with Crippen LogP contribution in [0.1, 0.15) is 47.0 Å². The van der Waals surface area contributed by atoms with Crippen LogP contribution in [-0.2, 0) is 4.74 Å². The van der Waals surface area contributed by atoms with Crippen molar-refractivity contribution in [3.8, 4) is 0 Å². The van der Waals surface area contributed by atoms with Crippen LogP contribution in [0.3, 0.4) is 0 Å². The lowest BCUT2D eigenvalue weighted by Gasteiger charge is -2.43. The first kappa shape index (κ1) is 12.4. The summed E-state index contributed by atoms with van der Waals surface area (Å²) >= 11 is 0. The molecular formula is C14H27NO. The van der Waals surface area contributed by atoms with E-state index in [1.807, 2.05) is 0 Å². The van der Waals surface area contributed by atoms with Crippen molar-refractivity contribution in [1.29, 1.82) is 0 Å². The van der Waals surface area contributed by atoms with Gasteiger partial charge in [-0.1, -0.05) is 20.8 Å². The van der Waals surface area contributed by atoms with Crippen LogP contribution in [0.15, 0.2) is 0 Å². The van der Waals surface area contributed by atoms with Gasteiger partial charge in [0, 0.05) is 19.2 Å². The zero-order valence-corrected chi connectivity index (χ0v) is 11.3. The minimum absolute atomic E-state index is 0.471. The van der Waals surface area contributed by atoms with Crippen molar-refractivity contribution < 1.29 is 4.74 Å². The summed E-state index contributed by atoms with van der Waals surface area (Å²) in [4.78, 5) is 0. The first-order chi connectivity index (χ1) is 7.50. The third kappa shape index (κ3) is 1.91. The molecule has 0 aliphatic heterocycles. The Balaban J connectivity index is 1.92. The second-order valence-electron chi connectivity index (χ2n) is 6.50. The summed E-state index contributed by atoms with van der Waals surface area (Å²) in [5.74, 6) is 0.932. The lowest BCUT2D eigenvalue weighted by molar-refractivity contribution is 0.0909. The van der Waals surface area contributed by atoms with Crippen molar-refractivity contribution >= 4 is 0 Å². The van der Waals surface area contributed by atoms with Crippen molar-refractivity contribution in [1.82, 2.24) is 5.32 Å². The van der Waals surface area contributed by atoms with E-state index in [0.717, 1.165) is 25.7 Å². The molecule has 0 aromatic heterocycles. The van der Waals surface area contributed by atoms with Gasteiger partial charge in [0.25, 0.3) is 0 Å². The number of ether oxygens (including phenoxy) is 1. The lowest BCUT2D eigenvalue weighted by atomic mass is 9.68. The van der Waals surface area contributed by atoms with E-state index in [1.165, 1.54) is 19.3 Å². The quantitative estimate of drug-likeness (QED) is 0.726. The molecule has 0 aromatic carbocycles. The fourth-order valence-electron chi connectivity index (χ4n) is 4.23. The summed E-state index contributed by atoms with van der Waals surface area (Å²) in [5.41, 5.74) is 1.01. The Hall–Kier alpha value is -0.0800. The van der Waals surface area contributed by atoms with Gasteiger partial charge >= 0.3 is 0 Å². The van der Waals surface area contributed by atoms with E-state index in [2.05, 4.69) is 33.0 Å². The molecule has 2 aliphatic carbocycles. The van der Waals surface area contributed by atoms with Crippen LogP contribution in [0.5, 0.6) is 0 Å². The number of fused-ring (bicyclic) bond motifs is 2. The van der Waals surface area contributed by atoms with E-state index in [-0.39, 0.29) is 0 Å². The molecule has 2 fully saturated rings. The predicted molar refractivity (Wildman–Crippen MR) is 67.5 cm³/mol. The van der Waals surface area contributed by atoms with Crippen LogP contribution in [0, 0.1) is 16.7 Å². The molecule has 2 rings (SSSR count). The number of hydrogen-bond donors (Lipinski definition) is 1. The molecule has 2 nitrogen and oxygen atoms in total. The Kier molecular flexibility index (Phi) is 3.33. The molecule has 94 valence electrons. The van der Waals surface area contributed by atoms with Crippen LogP contribution in [0.25, 0.3) is 0 Å². The maximum absolute atomic E-state index is 5.41. The van der Waals surface area contributed by atoms with Gasteiger partial charge in [-0.25, -0.2) is 0 Å². The number of rotatable bonds is 5. The molecule has 0 aromatic rings. The largest absolute Gasteiger partial charge is 0.380 e. The van der Waals surface area contributed by atoms with Crippen LogP contribution >= 0.6 is 0 Å². The van der Waals surface area contributed by atoms with Gasteiger partial charge < -0.3 is 10.1 Å². The minimum Gasteiger partial charge on any atom is -0.380 e. The van der Waals surface area contributed by atoms with Crippen LogP contribution < -0.4 is 5.32 Å². The van der Waals surface area contributed by atoms with E-state index >= 15 is 0 Å². The number of hydrogen-bond acceptors (Lipinski definition) is 2. The topological polar surface area (TPSA) is 21.3 Å². The van der Waals surface area contributed by atoms with Gasteiger partial charge in [0.05, 0.1) is 6.61 Å². The van der Waals surface area contributed by atoms with Crippen molar-refractivity contribution in [2.24, 2.45) is 16.7 Å². The Labute approximate surface area is 100 Å². The maximum Gasteiger partial charge on any atom is 0.0590 e. The van der Waals surface area contributed by atoms with Crippen LogP contribution in [-0.4, -0.2) is 25.8 Å². The molecule has 3 unspecified atom stereocenters. The summed E-state index contributed by atoms with van der Waals surface area (Å²) in [5, 5.41) is 3.75. The van der Waals surface area contributed by atoms with Gasteiger partial charge in [0.1, 0.15) is 0 Å². The molecule has 2 bridgehead atoms. The molecular weight excluding hydrogens is 198 g/mol. The molecule has 0 saturated heterocycles. The highest BCUT2D eigenvalue weighted by Gasteiger charge is 2.58. The molecule has 2 aliphatic rings. The normalized spacial score (nSPS) is 40.5. The van der Waals surface area contributed by atoms with Gasteiger partial charge in [-0.15, -0.1) is 0 Å². The summed E-state index contributed by atoms with van der Waals surface area (Å²) in [6.45, 7) is 12.1. The molecule has 0 radical (unpaired) electrons. The fraction of sp³-hybridized carbons (Fsp3) is 1.00. The summed E-state index contributed by atoms with van der Waals surface area (Å²) in [7, 11) is 0. The summed E-state index contributed by atoms with van der Waals surface area (Å²) in [6.07, 6.45) is 4.27. The first-order valence-corrected chi connectivity index (χ1v) is 6.82. The highest BCUT2D eigenvalue weighted by molar-refractivity contribution is 5.11. The van der Waals surface area contributed by atoms with Crippen LogP contribution in [0.2, 0.25) is 0 Å². The molecule has 16 heavy (non-hydrogen) atoms. The van der Waals surface area contributed by atoms with Crippen molar-refractivity contribution in [2.45, 2.75) is 53.0 Å². The second-order valence-corrected chi connectivity index (χ2v) is 6.50. The van der Waals surface area contributed by atoms with Crippen molar-refractivity contribution in [2.75, 3.05) is 19.8 Å². The Morgan fingerprint density at radius 2 is 2.06 bits per heavy atom. The Morgan fingerprint density at radius 1 is 1.31 bits per heavy atom. The van der Waals surface area contributed by atoms with E-state index in [0.29, 0.717) is 16.9 Å². The summed E-state index contributed by atoms with van der Waals surface area (Å²) < 4.78 is 5.41. The Morgan fingerprint density at radius 3 is 2.62 bits per heavy atom.